The molecule has 7 nitrogen and oxygen atoms in total. The number of phenolic OH excluding ortho intramolecular Hbond substituents is 1. The smallest absolute Gasteiger partial charge is 0.490 e. The highest BCUT2D eigenvalue weighted by Crippen LogP contribution is 2.39. The van der Waals surface area contributed by atoms with Gasteiger partial charge < -0.3 is 14.9 Å². The number of carbonyl (C=O) groups is 1. The van der Waals surface area contributed by atoms with Gasteiger partial charge in [0.1, 0.15) is 5.82 Å². The number of benzene rings is 1. The first-order valence-corrected chi connectivity index (χ1v) is 9.89. The van der Waals surface area contributed by atoms with Gasteiger partial charge in [0.05, 0.1) is 29.3 Å². The number of fused-ring (bicyclic) bond motifs is 2. The Morgan fingerprint density at radius 1 is 1.38 bits per heavy atom. The molecule has 12 heteroatoms. The summed E-state index contributed by atoms with van der Waals surface area (Å²) >= 11 is 5.89. The number of aliphatic carboxylic acids is 1. The molecule has 174 valence electrons. The monoisotopic (exact) mass is 477 g/mol. The van der Waals surface area contributed by atoms with Crippen molar-refractivity contribution in [2.75, 3.05) is 19.7 Å². The Hall–Kier alpha value is -2.50. The van der Waals surface area contributed by atoms with E-state index < -0.39 is 23.7 Å². The molecule has 2 aliphatic heterocycles. The van der Waals surface area contributed by atoms with Crippen molar-refractivity contribution in [1.82, 2.24) is 14.9 Å². The third-order valence-corrected chi connectivity index (χ3v) is 5.57. The van der Waals surface area contributed by atoms with Gasteiger partial charge in [-0.2, -0.15) is 13.2 Å². The molecule has 0 saturated carbocycles. The Morgan fingerprint density at radius 3 is 2.69 bits per heavy atom. The summed E-state index contributed by atoms with van der Waals surface area (Å²) in [4.78, 5) is 20.1. The molecule has 1 aromatic heterocycles. The number of carboxylic acid groups (broad SMARTS) is 1. The highest BCUT2D eigenvalue weighted by Gasteiger charge is 2.44. The van der Waals surface area contributed by atoms with Crippen LogP contribution in [0.5, 0.6) is 5.75 Å². The molecule has 2 N–H and O–H groups in total. The number of halogens is 5. The lowest BCUT2D eigenvalue weighted by Gasteiger charge is -2.34. The van der Waals surface area contributed by atoms with Gasteiger partial charge in [-0.15, -0.1) is 0 Å². The van der Waals surface area contributed by atoms with Gasteiger partial charge in [-0.1, -0.05) is 11.6 Å². The number of ether oxygens (including phenoxy) is 1. The SMILES string of the molecule is Cc1ncc2c(n1)C1(CCN(Cc3cc(F)c(O)c(Cl)c3)C1)COC2.O=C(O)C(F)(F)F. The van der Waals surface area contributed by atoms with Crippen LogP contribution in [-0.2, 0) is 28.1 Å². The number of phenols is 1. The van der Waals surface area contributed by atoms with Gasteiger partial charge in [-0.3, -0.25) is 4.90 Å². The molecule has 1 aromatic carbocycles. The van der Waals surface area contributed by atoms with Crippen molar-refractivity contribution in [2.45, 2.75) is 38.1 Å². The molecule has 4 rings (SSSR count). The van der Waals surface area contributed by atoms with Crippen LogP contribution in [0.25, 0.3) is 0 Å². The van der Waals surface area contributed by atoms with Crippen LogP contribution in [0.4, 0.5) is 17.6 Å². The minimum atomic E-state index is -5.08. The number of carboxylic acids is 1. The first-order chi connectivity index (χ1) is 14.9. The van der Waals surface area contributed by atoms with E-state index in [-0.39, 0.29) is 10.4 Å². The van der Waals surface area contributed by atoms with E-state index >= 15 is 0 Å². The van der Waals surface area contributed by atoms with E-state index in [1.54, 1.807) is 6.07 Å². The third kappa shape index (κ3) is 5.28. The molecular formula is C20H20ClF4N3O4. The summed E-state index contributed by atoms with van der Waals surface area (Å²) in [6.45, 7) is 5.31. The first kappa shape index (κ1) is 24.1. The molecule has 2 aliphatic rings. The number of likely N-dealkylation sites (tertiary alicyclic amines) is 1. The summed E-state index contributed by atoms with van der Waals surface area (Å²) < 4.78 is 51.3. The molecule has 1 spiro atoms. The normalized spacial score (nSPS) is 20.6. The Bertz CT molecular complexity index is 998. The van der Waals surface area contributed by atoms with Gasteiger partial charge >= 0.3 is 12.1 Å². The number of aryl methyl sites for hydroxylation is 1. The van der Waals surface area contributed by atoms with Gasteiger partial charge in [0, 0.05) is 24.8 Å². The molecule has 0 aliphatic carbocycles. The van der Waals surface area contributed by atoms with Gasteiger partial charge in [0.2, 0.25) is 0 Å². The van der Waals surface area contributed by atoms with E-state index in [0.29, 0.717) is 19.8 Å². The van der Waals surface area contributed by atoms with Crippen molar-refractivity contribution >= 4 is 17.6 Å². The summed E-state index contributed by atoms with van der Waals surface area (Å²) in [5.41, 5.74) is 2.75. The van der Waals surface area contributed by atoms with Crippen molar-refractivity contribution in [3.63, 3.8) is 0 Å². The Morgan fingerprint density at radius 2 is 2.06 bits per heavy atom. The van der Waals surface area contributed by atoms with Crippen LogP contribution in [0.2, 0.25) is 5.02 Å². The lowest BCUT2D eigenvalue weighted by Crippen LogP contribution is -2.40. The summed E-state index contributed by atoms with van der Waals surface area (Å²) in [5.74, 6) is -3.17. The molecule has 1 atom stereocenters. The highest BCUT2D eigenvalue weighted by atomic mass is 35.5. The predicted octanol–water partition coefficient (Wildman–Crippen LogP) is 3.59. The van der Waals surface area contributed by atoms with Crippen molar-refractivity contribution in [3.8, 4) is 5.75 Å². The number of alkyl halides is 3. The van der Waals surface area contributed by atoms with E-state index in [1.807, 2.05) is 13.1 Å². The minimum Gasteiger partial charge on any atom is -0.504 e. The van der Waals surface area contributed by atoms with E-state index in [2.05, 4.69) is 9.88 Å². The number of aromatic nitrogens is 2. The van der Waals surface area contributed by atoms with Crippen molar-refractivity contribution in [3.05, 3.63) is 51.8 Å². The first-order valence-electron chi connectivity index (χ1n) is 9.51. The quantitative estimate of drug-likeness (QED) is 0.638. The molecular weight excluding hydrogens is 458 g/mol. The fourth-order valence-corrected chi connectivity index (χ4v) is 4.09. The van der Waals surface area contributed by atoms with Crippen molar-refractivity contribution < 1.29 is 37.3 Å². The zero-order valence-electron chi connectivity index (χ0n) is 16.9. The topological polar surface area (TPSA) is 95.8 Å². The number of hydrogen-bond acceptors (Lipinski definition) is 6. The summed E-state index contributed by atoms with van der Waals surface area (Å²) in [7, 11) is 0. The number of aromatic hydroxyl groups is 1. The molecule has 1 fully saturated rings. The minimum absolute atomic E-state index is 0.0404. The summed E-state index contributed by atoms with van der Waals surface area (Å²) in [5, 5.41) is 16.6. The van der Waals surface area contributed by atoms with Crippen molar-refractivity contribution in [1.29, 1.82) is 0 Å². The average Bonchev–Trinajstić information content (AvgIpc) is 3.09. The molecule has 3 heterocycles. The fraction of sp³-hybridized carbons (Fsp3) is 0.450. The van der Waals surface area contributed by atoms with Crippen LogP contribution in [0.15, 0.2) is 18.3 Å². The number of rotatable bonds is 2. The average molecular weight is 478 g/mol. The lowest BCUT2D eigenvalue weighted by atomic mass is 9.80. The van der Waals surface area contributed by atoms with Gasteiger partial charge in [0.25, 0.3) is 0 Å². The third-order valence-electron chi connectivity index (χ3n) is 5.28. The van der Waals surface area contributed by atoms with Crippen LogP contribution in [0.3, 0.4) is 0 Å². The molecule has 32 heavy (non-hydrogen) atoms. The van der Waals surface area contributed by atoms with Crippen LogP contribution in [0, 0.1) is 12.7 Å². The lowest BCUT2D eigenvalue weighted by molar-refractivity contribution is -0.192. The van der Waals surface area contributed by atoms with Crippen LogP contribution >= 0.6 is 11.6 Å². The highest BCUT2D eigenvalue weighted by molar-refractivity contribution is 6.32. The molecule has 0 amide bonds. The maximum atomic E-state index is 13.7. The molecule has 0 radical (unpaired) electrons. The van der Waals surface area contributed by atoms with Crippen LogP contribution < -0.4 is 0 Å². The largest absolute Gasteiger partial charge is 0.504 e. The molecule has 1 saturated heterocycles. The van der Waals surface area contributed by atoms with E-state index in [1.165, 1.54) is 6.07 Å². The zero-order chi connectivity index (χ0) is 23.7. The predicted molar refractivity (Wildman–Crippen MR) is 105 cm³/mol. The second kappa shape index (κ2) is 9.16. The van der Waals surface area contributed by atoms with E-state index in [0.717, 1.165) is 42.2 Å². The second-order valence-corrected chi connectivity index (χ2v) is 8.14. The standard InChI is InChI=1S/C18H19ClFN3O2.C2HF3O2/c1-11-21-6-13-8-25-10-18(17(13)22-11)2-3-23(9-18)7-12-4-14(19)16(24)15(20)5-12;3-2(4,5)1(6)7/h4-6,24H,2-3,7-10H2,1H3;(H,6,7). The number of hydrogen-bond donors (Lipinski definition) is 2. The maximum Gasteiger partial charge on any atom is 0.490 e. The van der Waals surface area contributed by atoms with Crippen LogP contribution in [-0.4, -0.2) is 56.9 Å². The van der Waals surface area contributed by atoms with Crippen LogP contribution in [0.1, 0.15) is 29.1 Å². The maximum absolute atomic E-state index is 13.7. The van der Waals surface area contributed by atoms with Gasteiger partial charge in [-0.25, -0.2) is 19.2 Å². The van der Waals surface area contributed by atoms with E-state index in [4.69, 9.17) is 31.2 Å². The van der Waals surface area contributed by atoms with Crippen molar-refractivity contribution in [2.24, 2.45) is 0 Å². The molecule has 0 bridgehead atoms. The van der Waals surface area contributed by atoms with E-state index in [9.17, 15) is 22.7 Å². The Labute approximate surface area is 185 Å². The summed E-state index contributed by atoms with van der Waals surface area (Å²) in [6.07, 6.45) is -2.29. The fourth-order valence-electron chi connectivity index (χ4n) is 3.86. The summed E-state index contributed by atoms with van der Waals surface area (Å²) in [6, 6.07) is 2.95. The van der Waals surface area contributed by atoms with Gasteiger partial charge in [0.15, 0.2) is 11.6 Å². The zero-order valence-corrected chi connectivity index (χ0v) is 17.7. The Kier molecular flexibility index (Phi) is 6.91. The molecule has 1 unspecified atom stereocenters. The molecule has 2 aromatic rings. The second-order valence-electron chi connectivity index (χ2n) is 7.74. The Balaban J connectivity index is 0.000000360. The van der Waals surface area contributed by atoms with Gasteiger partial charge in [-0.05, 0) is 37.6 Å². The number of nitrogens with zero attached hydrogens (tertiary/aromatic N) is 3.